The average Bonchev–Trinajstić information content (AvgIpc) is 2.48. The molecule has 4 atom stereocenters. The number of rotatable bonds is 4. The van der Waals surface area contributed by atoms with Crippen LogP contribution in [0.25, 0.3) is 0 Å². The summed E-state index contributed by atoms with van der Waals surface area (Å²) in [5.41, 5.74) is 2.67. The van der Waals surface area contributed by atoms with Gasteiger partial charge in [-0.15, -0.1) is 0 Å². The average molecular weight is 273 g/mol. The molecule has 1 aromatic carbocycles. The van der Waals surface area contributed by atoms with E-state index in [0.29, 0.717) is 18.6 Å². The summed E-state index contributed by atoms with van der Waals surface area (Å²) in [7, 11) is 0. The van der Waals surface area contributed by atoms with Crippen LogP contribution in [0, 0.1) is 24.7 Å². The van der Waals surface area contributed by atoms with E-state index >= 15 is 0 Å². The van der Waals surface area contributed by atoms with Crippen LogP contribution >= 0.6 is 0 Å². The molecule has 0 saturated heterocycles. The molecule has 2 N–H and O–H groups in total. The zero-order valence-electron chi connectivity index (χ0n) is 12.5. The lowest BCUT2D eigenvalue weighted by Gasteiger charge is -2.45. The molecule has 3 rings (SSSR count). The van der Waals surface area contributed by atoms with Gasteiger partial charge < -0.3 is 10.4 Å². The summed E-state index contributed by atoms with van der Waals surface area (Å²) in [4.78, 5) is 0. The maximum Gasteiger partial charge on any atom is 0.0474 e. The van der Waals surface area contributed by atoms with Crippen LogP contribution in [-0.2, 0) is 6.54 Å². The highest BCUT2D eigenvalue weighted by Gasteiger charge is 2.38. The quantitative estimate of drug-likeness (QED) is 0.882. The smallest absolute Gasteiger partial charge is 0.0474 e. The third-order valence-electron chi connectivity index (χ3n) is 5.37. The summed E-state index contributed by atoms with van der Waals surface area (Å²) in [5, 5.41) is 13.5. The Hall–Kier alpha value is -0.860. The van der Waals surface area contributed by atoms with E-state index in [1.165, 1.54) is 43.2 Å². The van der Waals surface area contributed by atoms with Gasteiger partial charge in [0, 0.05) is 19.2 Å². The zero-order valence-corrected chi connectivity index (χ0v) is 12.5. The summed E-state index contributed by atoms with van der Waals surface area (Å²) in [6.45, 7) is 3.41. The fraction of sp³-hybridized carbons (Fsp3) is 0.667. The van der Waals surface area contributed by atoms with Crippen molar-refractivity contribution in [3.05, 3.63) is 35.4 Å². The number of aryl methyl sites for hydroxylation is 1. The van der Waals surface area contributed by atoms with Crippen molar-refractivity contribution in [3.63, 3.8) is 0 Å². The highest BCUT2D eigenvalue weighted by molar-refractivity contribution is 5.21. The summed E-state index contributed by atoms with van der Waals surface area (Å²) in [6, 6.07) is 9.29. The molecule has 0 heterocycles. The molecule has 0 spiro atoms. The molecule has 2 nitrogen and oxygen atoms in total. The first-order valence-electron chi connectivity index (χ1n) is 8.16. The van der Waals surface area contributed by atoms with Gasteiger partial charge in [0.2, 0.25) is 0 Å². The van der Waals surface area contributed by atoms with E-state index < -0.39 is 0 Å². The fourth-order valence-electron chi connectivity index (χ4n) is 4.30. The minimum atomic E-state index is 0.346. The third-order valence-corrected chi connectivity index (χ3v) is 5.37. The monoisotopic (exact) mass is 273 g/mol. The second-order valence-electron chi connectivity index (χ2n) is 6.86. The van der Waals surface area contributed by atoms with E-state index in [1.54, 1.807) is 0 Å². The molecule has 2 bridgehead atoms. The number of hydrogen-bond acceptors (Lipinski definition) is 2. The summed E-state index contributed by atoms with van der Waals surface area (Å²) >= 11 is 0. The van der Waals surface area contributed by atoms with Crippen LogP contribution in [-0.4, -0.2) is 17.8 Å². The molecule has 110 valence electrons. The lowest BCUT2D eigenvalue weighted by atomic mass is 9.65. The van der Waals surface area contributed by atoms with Crippen LogP contribution in [0.5, 0.6) is 0 Å². The first-order chi connectivity index (χ1) is 9.76. The van der Waals surface area contributed by atoms with Gasteiger partial charge in [-0.3, -0.25) is 0 Å². The molecule has 2 fully saturated rings. The Labute approximate surface area is 122 Å². The lowest BCUT2D eigenvalue weighted by molar-refractivity contribution is 0.0520. The van der Waals surface area contributed by atoms with E-state index in [4.69, 9.17) is 0 Å². The Bertz CT molecular complexity index is 426. The number of aliphatic hydroxyl groups excluding tert-OH is 1. The van der Waals surface area contributed by atoms with Gasteiger partial charge in [0.25, 0.3) is 0 Å². The molecular formula is C18H27NO. The van der Waals surface area contributed by atoms with E-state index in [1.807, 2.05) is 0 Å². The molecule has 3 unspecified atom stereocenters. The maximum absolute atomic E-state index is 9.71. The zero-order chi connectivity index (χ0) is 13.9. The minimum absolute atomic E-state index is 0.346. The van der Waals surface area contributed by atoms with Crippen LogP contribution in [0.4, 0.5) is 0 Å². The van der Waals surface area contributed by atoms with Gasteiger partial charge in [0.1, 0.15) is 0 Å². The fourth-order valence-corrected chi connectivity index (χ4v) is 4.30. The van der Waals surface area contributed by atoms with Crippen molar-refractivity contribution in [1.29, 1.82) is 0 Å². The Morgan fingerprint density at radius 3 is 2.70 bits per heavy atom. The van der Waals surface area contributed by atoms with Crippen LogP contribution in [0.2, 0.25) is 0 Å². The van der Waals surface area contributed by atoms with E-state index in [-0.39, 0.29) is 0 Å². The van der Waals surface area contributed by atoms with Gasteiger partial charge in [-0.05, 0) is 49.5 Å². The minimum Gasteiger partial charge on any atom is -0.396 e. The Morgan fingerprint density at radius 1 is 1.15 bits per heavy atom. The SMILES string of the molecule is Cc1ccc(CN[C@H]2C(CO)CC3CCCC2C3)cc1. The number of aliphatic hydroxyl groups is 1. The van der Waals surface area contributed by atoms with Gasteiger partial charge >= 0.3 is 0 Å². The van der Waals surface area contributed by atoms with Crippen molar-refractivity contribution in [2.75, 3.05) is 6.61 Å². The first kappa shape index (κ1) is 14.1. The maximum atomic E-state index is 9.71. The van der Waals surface area contributed by atoms with E-state index in [2.05, 4.69) is 36.5 Å². The molecular weight excluding hydrogens is 246 g/mol. The molecule has 2 aliphatic carbocycles. The van der Waals surface area contributed by atoms with Gasteiger partial charge in [-0.2, -0.15) is 0 Å². The molecule has 0 radical (unpaired) electrons. The van der Waals surface area contributed by atoms with Gasteiger partial charge in [0.15, 0.2) is 0 Å². The number of nitrogens with one attached hydrogen (secondary N) is 1. The molecule has 0 aliphatic heterocycles. The van der Waals surface area contributed by atoms with Crippen molar-refractivity contribution in [2.24, 2.45) is 17.8 Å². The molecule has 20 heavy (non-hydrogen) atoms. The highest BCUT2D eigenvalue weighted by Crippen LogP contribution is 2.42. The highest BCUT2D eigenvalue weighted by atomic mass is 16.3. The largest absolute Gasteiger partial charge is 0.396 e. The molecule has 0 aromatic heterocycles. The van der Waals surface area contributed by atoms with Crippen molar-refractivity contribution in [1.82, 2.24) is 5.32 Å². The molecule has 2 heteroatoms. The van der Waals surface area contributed by atoms with Gasteiger partial charge in [-0.25, -0.2) is 0 Å². The summed E-state index contributed by atoms with van der Waals surface area (Å²) < 4.78 is 0. The normalized spacial score (nSPS) is 33.1. The second kappa shape index (κ2) is 6.28. The number of hydrogen-bond donors (Lipinski definition) is 2. The van der Waals surface area contributed by atoms with Crippen molar-refractivity contribution in [3.8, 4) is 0 Å². The third kappa shape index (κ3) is 3.07. The topological polar surface area (TPSA) is 32.3 Å². The van der Waals surface area contributed by atoms with Crippen LogP contribution in [0.1, 0.15) is 43.2 Å². The number of fused-ring (bicyclic) bond motifs is 2. The summed E-state index contributed by atoms with van der Waals surface area (Å²) in [6.07, 6.45) is 6.72. The van der Waals surface area contributed by atoms with Crippen LogP contribution in [0.15, 0.2) is 24.3 Å². The van der Waals surface area contributed by atoms with Crippen molar-refractivity contribution in [2.45, 2.75) is 51.6 Å². The van der Waals surface area contributed by atoms with Gasteiger partial charge in [0.05, 0.1) is 0 Å². The van der Waals surface area contributed by atoms with Crippen LogP contribution < -0.4 is 5.32 Å². The molecule has 0 amide bonds. The molecule has 2 aliphatic rings. The molecule has 2 saturated carbocycles. The predicted octanol–water partition coefficient (Wildman–Crippen LogP) is 3.27. The number of benzene rings is 1. The Kier molecular flexibility index (Phi) is 4.42. The predicted molar refractivity (Wildman–Crippen MR) is 82.4 cm³/mol. The molecule has 1 aromatic rings. The van der Waals surface area contributed by atoms with E-state index in [0.717, 1.165) is 18.4 Å². The van der Waals surface area contributed by atoms with Crippen LogP contribution in [0.3, 0.4) is 0 Å². The Morgan fingerprint density at radius 2 is 1.95 bits per heavy atom. The first-order valence-corrected chi connectivity index (χ1v) is 8.16. The standard InChI is InChI=1S/C18H27NO/c1-13-5-7-14(8-6-13)11-19-18-16-4-2-3-15(9-16)10-17(18)12-20/h5-8,15-20H,2-4,9-12H2,1H3/t15?,16?,17?,18-/m1/s1. The lowest BCUT2D eigenvalue weighted by Crippen LogP contribution is -2.49. The summed E-state index contributed by atoms with van der Waals surface area (Å²) in [5.74, 6) is 2.12. The second-order valence-corrected chi connectivity index (χ2v) is 6.86. The van der Waals surface area contributed by atoms with Crippen molar-refractivity contribution < 1.29 is 5.11 Å². The van der Waals surface area contributed by atoms with Gasteiger partial charge in [-0.1, -0.05) is 42.7 Å². The Balaban J connectivity index is 1.63. The van der Waals surface area contributed by atoms with Crippen molar-refractivity contribution >= 4 is 0 Å². The van der Waals surface area contributed by atoms with E-state index in [9.17, 15) is 5.11 Å².